The Morgan fingerprint density at radius 2 is 1.88 bits per heavy atom. The number of rotatable bonds is 6. The summed E-state index contributed by atoms with van der Waals surface area (Å²) in [5.74, 6) is 0.119. The number of amides is 1. The fraction of sp³-hybridized carbons (Fsp3) is 0.0435. The summed E-state index contributed by atoms with van der Waals surface area (Å²) in [5.41, 5.74) is 4.61. The van der Waals surface area contributed by atoms with Crippen LogP contribution in [-0.2, 0) is 6.61 Å². The van der Waals surface area contributed by atoms with Gasteiger partial charge in [-0.2, -0.15) is 5.10 Å². The van der Waals surface area contributed by atoms with Crippen molar-refractivity contribution in [3.63, 3.8) is 0 Å². The zero-order valence-corrected chi connectivity index (χ0v) is 24.0. The van der Waals surface area contributed by atoms with Gasteiger partial charge in [-0.05, 0) is 115 Å². The first-order chi connectivity index (χ1) is 15.8. The average Bonchev–Trinajstić information content (AvgIpc) is 3.18. The maximum absolute atomic E-state index is 13.4. The van der Waals surface area contributed by atoms with Crippen LogP contribution in [0.1, 0.15) is 21.7 Å². The molecule has 0 aliphatic rings. The Labute approximate surface area is 232 Å². The maximum Gasteiger partial charge on any atom is 0.307 e. The molecule has 0 saturated carbocycles. The van der Waals surface area contributed by atoms with E-state index in [0.29, 0.717) is 11.3 Å². The van der Waals surface area contributed by atoms with Crippen LogP contribution in [0.3, 0.4) is 0 Å². The summed E-state index contributed by atoms with van der Waals surface area (Å²) in [6.45, 7) is 0.261. The molecule has 0 saturated heterocycles. The van der Waals surface area contributed by atoms with E-state index in [-0.39, 0.29) is 18.2 Å². The van der Waals surface area contributed by atoms with Crippen LogP contribution in [0.15, 0.2) is 73.1 Å². The first kappa shape index (κ1) is 24.6. The molecule has 3 aromatic carbocycles. The largest absolute Gasteiger partial charge is 0.487 e. The van der Waals surface area contributed by atoms with Crippen molar-refractivity contribution in [1.29, 1.82) is 0 Å². The van der Waals surface area contributed by atoms with Crippen molar-refractivity contribution in [1.82, 2.24) is 5.43 Å². The van der Waals surface area contributed by atoms with Crippen molar-refractivity contribution in [2.75, 3.05) is 0 Å². The van der Waals surface area contributed by atoms with Gasteiger partial charge in [-0.15, -0.1) is 0 Å². The normalized spacial score (nSPS) is 11.3. The molecule has 0 bridgehead atoms. The fourth-order valence-corrected chi connectivity index (χ4v) is 6.45. The predicted molar refractivity (Wildman–Crippen MR) is 149 cm³/mol. The van der Waals surface area contributed by atoms with Gasteiger partial charge in [-0.3, -0.25) is 4.79 Å². The topological polar surface area (TPSA) is 63.8 Å². The monoisotopic (exact) mass is 796 g/mol. The van der Waals surface area contributed by atoms with Crippen LogP contribution in [-0.4, -0.2) is 12.1 Å². The summed E-state index contributed by atoms with van der Waals surface area (Å²) in [4.78, 5) is 12.4. The number of nitrogens with zero attached hydrogens (tertiary/aromatic N) is 1. The van der Waals surface area contributed by atoms with Gasteiger partial charge in [0.1, 0.15) is 23.8 Å². The van der Waals surface area contributed by atoms with Crippen LogP contribution >= 0.6 is 77.0 Å². The number of halogens is 5. The number of furan rings is 1. The first-order valence-corrected chi connectivity index (χ1v) is 13.1. The fourth-order valence-electron chi connectivity index (χ4n) is 2.98. The van der Waals surface area contributed by atoms with Gasteiger partial charge in [-0.25, -0.2) is 9.82 Å². The molecule has 1 amide bonds. The van der Waals surface area contributed by atoms with E-state index >= 15 is 0 Å². The molecule has 10 heteroatoms. The molecule has 1 aromatic heterocycles. The molecule has 1 N–H and O–H groups in total. The van der Waals surface area contributed by atoms with Gasteiger partial charge in [0.05, 0.1) is 17.8 Å². The van der Waals surface area contributed by atoms with Gasteiger partial charge in [0.15, 0.2) is 5.76 Å². The highest BCUT2D eigenvalue weighted by Gasteiger charge is 2.14. The van der Waals surface area contributed by atoms with Crippen LogP contribution in [0.4, 0.5) is 4.39 Å². The Hall–Kier alpha value is -1.51. The quantitative estimate of drug-likeness (QED) is 0.124. The zero-order valence-electron chi connectivity index (χ0n) is 16.5. The molecule has 0 aliphatic heterocycles. The number of ether oxygens (including phenoxy) is 1. The van der Waals surface area contributed by atoms with E-state index in [4.69, 9.17) is 9.15 Å². The Morgan fingerprint density at radius 3 is 2.61 bits per heavy atom. The van der Waals surface area contributed by atoms with Crippen molar-refractivity contribution in [2.24, 2.45) is 5.10 Å². The van der Waals surface area contributed by atoms with Crippen molar-refractivity contribution < 1.29 is 18.3 Å². The number of carbonyl (C=O) groups is 1. The molecule has 0 radical (unpaired) electrons. The van der Waals surface area contributed by atoms with Gasteiger partial charge in [0.25, 0.3) is 0 Å². The predicted octanol–water partition coefficient (Wildman–Crippen LogP) is 7.65. The van der Waals surface area contributed by atoms with E-state index in [2.05, 4.69) is 87.6 Å². The Kier molecular flexibility index (Phi) is 8.07. The highest BCUT2D eigenvalue weighted by atomic mass is 127. The first-order valence-electron chi connectivity index (χ1n) is 9.38. The van der Waals surface area contributed by atoms with Crippen molar-refractivity contribution in [3.05, 3.63) is 93.4 Å². The molecule has 168 valence electrons. The Morgan fingerprint density at radius 1 is 1.12 bits per heavy atom. The Bertz CT molecular complexity index is 1370. The number of hydrogen-bond donors (Lipinski definition) is 1. The van der Waals surface area contributed by atoms with E-state index in [1.807, 2.05) is 30.3 Å². The van der Waals surface area contributed by atoms with Crippen LogP contribution in [0.25, 0.3) is 11.0 Å². The van der Waals surface area contributed by atoms with Crippen LogP contribution < -0.4 is 10.2 Å². The molecule has 0 unspecified atom stereocenters. The molecule has 4 aromatic rings. The molecule has 5 nitrogen and oxygen atoms in total. The highest BCUT2D eigenvalue weighted by Crippen LogP contribution is 2.31. The van der Waals surface area contributed by atoms with E-state index in [1.165, 1.54) is 12.1 Å². The number of carbonyl (C=O) groups excluding carboxylic acids is 1. The van der Waals surface area contributed by atoms with Crippen LogP contribution in [0.2, 0.25) is 0 Å². The molecule has 1 heterocycles. The maximum atomic E-state index is 13.4. The summed E-state index contributed by atoms with van der Waals surface area (Å²) in [6.07, 6.45) is 1.55. The van der Waals surface area contributed by atoms with Crippen LogP contribution in [0, 0.1) is 13.0 Å². The van der Waals surface area contributed by atoms with E-state index in [9.17, 15) is 9.18 Å². The number of hydrazone groups is 1. The molecule has 33 heavy (non-hydrogen) atoms. The molecule has 0 spiro atoms. The second-order valence-corrected chi connectivity index (χ2v) is 10.9. The summed E-state index contributed by atoms with van der Waals surface area (Å²) in [5, 5.41) is 4.84. The number of nitrogens with one attached hydrogen (secondary N) is 1. The summed E-state index contributed by atoms with van der Waals surface area (Å²) < 4.78 is 28.3. The second kappa shape index (κ2) is 10.8. The number of benzene rings is 3. The molecule has 0 aliphatic carbocycles. The third-order valence-corrected chi connectivity index (χ3v) is 7.08. The number of fused-ring (bicyclic) bond motifs is 1. The van der Waals surface area contributed by atoms with E-state index in [0.717, 1.165) is 32.6 Å². The van der Waals surface area contributed by atoms with Gasteiger partial charge < -0.3 is 9.15 Å². The van der Waals surface area contributed by atoms with Crippen molar-refractivity contribution in [3.8, 4) is 5.75 Å². The highest BCUT2D eigenvalue weighted by molar-refractivity contribution is 14.1. The lowest BCUT2D eigenvalue weighted by Gasteiger charge is -2.11. The van der Waals surface area contributed by atoms with E-state index in [1.54, 1.807) is 18.3 Å². The third kappa shape index (κ3) is 6.14. The summed E-state index contributed by atoms with van der Waals surface area (Å²) in [6, 6.07) is 15.5. The molecular formula is C23H13Br2FI2N2O3. The number of hydrogen-bond acceptors (Lipinski definition) is 4. The second-order valence-electron chi connectivity index (χ2n) is 6.85. The zero-order chi connectivity index (χ0) is 23.5. The summed E-state index contributed by atoms with van der Waals surface area (Å²) in [7, 11) is 0. The van der Waals surface area contributed by atoms with Gasteiger partial charge in [0.2, 0.25) is 0 Å². The van der Waals surface area contributed by atoms with Gasteiger partial charge >= 0.3 is 5.91 Å². The standard InChI is InChI=1S/C23H13Br2FI2N2O3/c24-15-7-14-8-20(33-21(14)17(25)9-15)23(31)30-29-10-13-5-18(27)22(19(28)6-13)32-11-12-2-1-3-16(26)4-12/h1-10H,11H2,(H,30,31)/b29-10-. The lowest BCUT2D eigenvalue weighted by molar-refractivity contribution is 0.0929. The lowest BCUT2D eigenvalue weighted by Crippen LogP contribution is -2.16. The Balaban J connectivity index is 1.43. The van der Waals surface area contributed by atoms with Crippen molar-refractivity contribution >= 4 is 100 Å². The average molecular weight is 798 g/mol. The minimum Gasteiger partial charge on any atom is -0.487 e. The molecule has 0 fully saturated rings. The SMILES string of the molecule is O=C(N/N=C\c1cc(I)c(OCc2cccc(F)c2)c(I)c1)c1cc2cc(Br)cc(Br)c2o1. The van der Waals surface area contributed by atoms with Crippen LogP contribution in [0.5, 0.6) is 5.75 Å². The molecule has 0 atom stereocenters. The summed E-state index contributed by atoms with van der Waals surface area (Å²) >= 11 is 11.2. The van der Waals surface area contributed by atoms with Gasteiger partial charge in [-0.1, -0.05) is 28.1 Å². The third-order valence-electron chi connectivity index (χ3n) is 4.43. The van der Waals surface area contributed by atoms with Gasteiger partial charge in [0, 0.05) is 9.86 Å². The minimum absolute atomic E-state index is 0.159. The smallest absolute Gasteiger partial charge is 0.307 e. The van der Waals surface area contributed by atoms with E-state index < -0.39 is 5.91 Å². The van der Waals surface area contributed by atoms with Crippen molar-refractivity contribution in [2.45, 2.75) is 6.61 Å². The molecular weight excluding hydrogens is 785 g/mol. The lowest BCUT2D eigenvalue weighted by atomic mass is 10.2. The molecule has 4 rings (SSSR count). The minimum atomic E-state index is -0.454.